The molecule has 1 aliphatic heterocycles. The molecule has 10 heteroatoms. The van der Waals surface area contributed by atoms with Crippen molar-refractivity contribution >= 4 is 5.97 Å². The number of halogens is 4. The lowest BCUT2D eigenvalue weighted by Gasteiger charge is -2.40. The maximum Gasteiger partial charge on any atom is 0.573 e. The molecular weight excluding hydrogens is 448 g/mol. The molecule has 0 amide bonds. The normalized spacial score (nSPS) is 14.9. The van der Waals surface area contributed by atoms with E-state index in [2.05, 4.69) is 11.7 Å². The van der Waals surface area contributed by atoms with Gasteiger partial charge >= 0.3 is 12.3 Å². The number of carbonyl (C=O) groups excluding carboxylic acids is 1. The summed E-state index contributed by atoms with van der Waals surface area (Å²) in [4.78, 5) is 12.2. The maximum absolute atomic E-state index is 13.7. The fourth-order valence-electron chi connectivity index (χ4n) is 3.03. The number of ether oxygens (including phenoxy) is 5. The summed E-state index contributed by atoms with van der Waals surface area (Å²) in [5.74, 6) is -2.84. The molecule has 1 saturated heterocycles. The lowest BCUT2D eigenvalue weighted by molar-refractivity contribution is -0.275. The van der Waals surface area contributed by atoms with Crippen LogP contribution in [0.15, 0.2) is 42.5 Å². The number of carbonyl (C=O) groups is 1. The number of esters is 1. The van der Waals surface area contributed by atoms with Gasteiger partial charge in [0.15, 0.2) is 11.6 Å². The zero-order chi connectivity index (χ0) is 23.9. The minimum absolute atomic E-state index is 0.149. The summed E-state index contributed by atoms with van der Waals surface area (Å²) in [5.41, 5.74) is 0.310. The first-order valence-corrected chi connectivity index (χ1v) is 10.4. The van der Waals surface area contributed by atoms with Crippen molar-refractivity contribution in [2.45, 2.75) is 26.1 Å². The second kappa shape index (κ2) is 10.8. The molecule has 0 N–H and O–H groups in total. The van der Waals surface area contributed by atoms with Crippen LogP contribution in [0.4, 0.5) is 17.6 Å². The Hall–Kier alpha value is -2.85. The van der Waals surface area contributed by atoms with Gasteiger partial charge in [-0.15, -0.1) is 13.2 Å². The van der Waals surface area contributed by atoms with E-state index >= 15 is 0 Å². The summed E-state index contributed by atoms with van der Waals surface area (Å²) in [6, 6.07) is 8.46. The Morgan fingerprint density at radius 1 is 1.06 bits per heavy atom. The van der Waals surface area contributed by atoms with Gasteiger partial charge in [-0.25, -0.2) is 9.18 Å². The molecule has 3 rings (SSSR count). The number of rotatable bonds is 11. The summed E-state index contributed by atoms with van der Waals surface area (Å²) >= 11 is 0. The molecule has 0 saturated carbocycles. The van der Waals surface area contributed by atoms with Crippen molar-refractivity contribution < 1.29 is 46.0 Å². The van der Waals surface area contributed by atoms with Crippen molar-refractivity contribution in [2.75, 3.05) is 33.0 Å². The molecule has 1 aliphatic rings. The largest absolute Gasteiger partial charge is 0.573 e. The average Bonchev–Trinajstić information content (AvgIpc) is 2.74. The quantitative estimate of drug-likeness (QED) is 0.195. The first-order valence-electron chi connectivity index (χ1n) is 10.4. The number of hydrogen-bond donors (Lipinski definition) is 0. The Kier molecular flexibility index (Phi) is 8.15. The van der Waals surface area contributed by atoms with Crippen molar-refractivity contribution in [3.63, 3.8) is 0 Å². The summed E-state index contributed by atoms with van der Waals surface area (Å²) < 4.78 is 75.4. The van der Waals surface area contributed by atoms with Gasteiger partial charge in [0.25, 0.3) is 0 Å². The standard InChI is InChI=1S/C23H24F4O6/c1-2-22(14-30-15-22)13-29-10-3-11-31-17-6-4-16(5-7-17)21(28)32-18-8-9-20(19(24)12-18)33-23(25,26)27/h4-9,12H,2-3,10-11,13-15H2,1H3. The molecule has 0 unspecified atom stereocenters. The first-order chi connectivity index (χ1) is 15.7. The summed E-state index contributed by atoms with van der Waals surface area (Å²) in [5, 5.41) is 0. The molecular formula is C23H24F4O6. The van der Waals surface area contributed by atoms with E-state index in [1.807, 2.05) is 0 Å². The second-order valence-electron chi connectivity index (χ2n) is 7.65. The van der Waals surface area contributed by atoms with Crippen LogP contribution in [-0.4, -0.2) is 45.4 Å². The maximum atomic E-state index is 13.7. The molecule has 1 heterocycles. The summed E-state index contributed by atoms with van der Waals surface area (Å²) in [6.07, 6.45) is -3.31. The van der Waals surface area contributed by atoms with E-state index in [0.717, 1.165) is 31.8 Å². The van der Waals surface area contributed by atoms with Gasteiger partial charge < -0.3 is 23.7 Å². The molecule has 0 atom stereocenters. The highest BCUT2D eigenvalue weighted by atomic mass is 19.4. The Balaban J connectivity index is 1.41. The van der Waals surface area contributed by atoms with Crippen molar-refractivity contribution in [2.24, 2.45) is 5.41 Å². The summed E-state index contributed by atoms with van der Waals surface area (Å²) in [7, 11) is 0. The van der Waals surface area contributed by atoms with E-state index in [9.17, 15) is 22.4 Å². The molecule has 2 aromatic carbocycles. The van der Waals surface area contributed by atoms with Gasteiger partial charge in [0.2, 0.25) is 0 Å². The second-order valence-corrected chi connectivity index (χ2v) is 7.65. The topological polar surface area (TPSA) is 63.2 Å². The average molecular weight is 472 g/mol. The van der Waals surface area contributed by atoms with Crippen molar-refractivity contribution in [1.82, 2.24) is 0 Å². The Morgan fingerprint density at radius 2 is 1.76 bits per heavy atom. The highest BCUT2D eigenvalue weighted by Gasteiger charge is 2.36. The van der Waals surface area contributed by atoms with Crippen LogP contribution >= 0.6 is 0 Å². The Labute approximate surface area is 188 Å². The van der Waals surface area contributed by atoms with Crippen LogP contribution in [-0.2, 0) is 9.47 Å². The lowest BCUT2D eigenvalue weighted by Crippen LogP contribution is -2.45. The van der Waals surface area contributed by atoms with Gasteiger partial charge in [-0.05, 0) is 42.8 Å². The fraction of sp³-hybridized carbons (Fsp3) is 0.435. The van der Waals surface area contributed by atoms with Crippen LogP contribution in [0, 0.1) is 11.2 Å². The SMILES string of the molecule is CCC1(COCCCOc2ccc(C(=O)Oc3ccc(OC(F)(F)F)c(F)c3)cc2)COC1. The minimum atomic E-state index is -5.03. The van der Waals surface area contributed by atoms with E-state index in [-0.39, 0.29) is 16.7 Å². The van der Waals surface area contributed by atoms with Crippen LogP contribution in [0.3, 0.4) is 0 Å². The fourth-order valence-corrected chi connectivity index (χ4v) is 3.03. The Morgan fingerprint density at radius 3 is 2.33 bits per heavy atom. The predicted molar refractivity (Wildman–Crippen MR) is 109 cm³/mol. The molecule has 0 aliphatic carbocycles. The van der Waals surface area contributed by atoms with Crippen LogP contribution in [0.2, 0.25) is 0 Å². The highest BCUT2D eigenvalue weighted by Crippen LogP contribution is 2.31. The van der Waals surface area contributed by atoms with Gasteiger partial charge in [-0.1, -0.05) is 6.92 Å². The van der Waals surface area contributed by atoms with Crippen LogP contribution in [0.5, 0.6) is 17.2 Å². The molecule has 0 bridgehead atoms. The van der Waals surface area contributed by atoms with Gasteiger partial charge in [0.1, 0.15) is 11.5 Å². The van der Waals surface area contributed by atoms with E-state index < -0.39 is 23.9 Å². The molecule has 6 nitrogen and oxygen atoms in total. The monoisotopic (exact) mass is 472 g/mol. The highest BCUT2D eigenvalue weighted by molar-refractivity contribution is 5.91. The van der Waals surface area contributed by atoms with E-state index in [1.54, 1.807) is 12.1 Å². The molecule has 1 fully saturated rings. The van der Waals surface area contributed by atoms with Crippen molar-refractivity contribution in [3.05, 3.63) is 53.8 Å². The lowest BCUT2D eigenvalue weighted by atomic mass is 9.84. The molecule has 33 heavy (non-hydrogen) atoms. The van der Waals surface area contributed by atoms with Gasteiger partial charge in [-0.2, -0.15) is 0 Å². The smallest absolute Gasteiger partial charge is 0.494 e. The minimum Gasteiger partial charge on any atom is -0.494 e. The van der Waals surface area contributed by atoms with E-state index in [0.29, 0.717) is 38.1 Å². The number of alkyl halides is 3. The van der Waals surface area contributed by atoms with Crippen LogP contribution in [0.1, 0.15) is 30.1 Å². The van der Waals surface area contributed by atoms with Gasteiger partial charge in [0, 0.05) is 24.5 Å². The molecule has 2 aromatic rings. The number of hydrogen-bond acceptors (Lipinski definition) is 6. The third-order valence-corrected chi connectivity index (χ3v) is 5.11. The summed E-state index contributed by atoms with van der Waals surface area (Å²) in [6.45, 7) is 5.27. The zero-order valence-corrected chi connectivity index (χ0v) is 18.0. The van der Waals surface area contributed by atoms with E-state index in [1.165, 1.54) is 12.1 Å². The first kappa shape index (κ1) is 24.8. The predicted octanol–water partition coefficient (Wildman–Crippen LogP) is 5.16. The molecule has 0 spiro atoms. The number of benzene rings is 2. The molecule has 0 aromatic heterocycles. The van der Waals surface area contributed by atoms with Crippen molar-refractivity contribution in [1.29, 1.82) is 0 Å². The van der Waals surface area contributed by atoms with Gasteiger partial charge in [-0.3, -0.25) is 0 Å². The molecule has 180 valence electrons. The molecule has 0 radical (unpaired) electrons. The third kappa shape index (κ3) is 7.33. The third-order valence-electron chi connectivity index (χ3n) is 5.11. The van der Waals surface area contributed by atoms with Crippen LogP contribution in [0.25, 0.3) is 0 Å². The van der Waals surface area contributed by atoms with Crippen LogP contribution < -0.4 is 14.2 Å². The Bertz CT molecular complexity index is 920. The van der Waals surface area contributed by atoms with Gasteiger partial charge in [0.05, 0.1) is 32.0 Å². The van der Waals surface area contributed by atoms with Crippen molar-refractivity contribution in [3.8, 4) is 17.2 Å². The zero-order valence-electron chi connectivity index (χ0n) is 18.0. The van der Waals surface area contributed by atoms with E-state index in [4.69, 9.17) is 18.9 Å².